The molecule has 0 spiro atoms. The van der Waals surface area contributed by atoms with E-state index in [1.807, 2.05) is 31.4 Å². The molecule has 0 atom stereocenters. The molecular weight excluding hydrogens is 244 g/mol. The topological polar surface area (TPSA) is 26.3 Å². The van der Waals surface area contributed by atoms with E-state index in [-0.39, 0.29) is 11.7 Å². The number of ether oxygens (including phenoxy) is 1. The molecule has 0 heterocycles. The fraction of sp³-hybridized carbons (Fsp3) is 0.417. The Balaban J connectivity index is 2.88. The lowest BCUT2D eigenvalue weighted by molar-refractivity contribution is -0.116. The smallest absolute Gasteiger partial charge is 0.151 e. The molecule has 0 unspecified atom stereocenters. The SMILES string of the molecule is CCOc1ccc(CC(=O)CCl)c(SC)c1. The number of rotatable bonds is 6. The van der Waals surface area contributed by atoms with Crippen molar-refractivity contribution < 1.29 is 9.53 Å². The zero-order valence-electron chi connectivity index (χ0n) is 9.46. The average Bonchev–Trinajstić information content (AvgIpc) is 2.31. The maximum absolute atomic E-state index is 11.3. The van der Waals surface area contributed by atoms with E-state index in [4.69, 9.17) is 16.3 Å². The highest BCUT2D eigenvalue weighted by atomic mass is 35.5. The summed E-state index contributed by atoms with van der Waals surface area (Å²) in [6.45, 7) is 2.59. The molecule has 0 radical (unpaired) electrons. The zero-order chi connectivity index (χ0) is 12.0. The van der Waals surface area contributed by atoms with E-state index in [1.165, 1.54) is 0 Å². The van der Waals surface area contributed by atoms with E-state index in [2.05, 4.69) is 0 Å². The second kappa shape index (κ2) is 6.81. The highest BCUT2D eigenvalue weighted by Gasteiger charge is 2.08. The molecule has 0 N–H and O–H groups in total. The average molecular weight is 259 g/mol. The molecule has 0 amide bonds. The number of halogens is 1. The monoisotopic (exact) mass is 258 g/mol. The molecule has 0 aromatic heterocycles. The first-order chi connectivity index (χ1) is 7.71. The summed E-state index contributed by atoms with van der Waals surface area (Å²) in [4.78, 5) is 12.4. The van der Waals surface area contributed by atoms with Crippen LogP contribution in [0.4, 0.5) is 0 Å². The van der Waals surface area contributed by atoms with Crippen molar-refractivity contribution in [2.75, 3.05) is 18.7 Å². The lowest BCUT2D eigenvalue weighted by Gasteiger charge is -2.09. The summed E-state index contributed by atoms with van der Waals surface area (Å²) in [7, 11) is 0. The Morgan fingerprint density at radius 2 is 2.25 bits per heavy atom. The van der Waals surface area contributed by atoms with Gasteiger partial charge in [0.05, 0.1) is 12.5 Å². The highest BCUT2D eigenvalue weighted by Crippen LogP contribution is 2.26. The predicted molar refractivity (Wildman–Crippen MR) is 68.8 cm³/mol. The van der Waals surface area contributed by atoms with Gasteiger partial charge < -0.3 is 4.74 Å². The highest BCUT2D eigenvalue weighted by molar-refractivity contribution is 7.98. The lowest BCUT2D eigenvalue weighted by atomic mass is 10.1. The van der Waals surface area contributed by atoms with Crippen molar-refractivity contribution in [1.82, 2.24) is 0 Å². The first-order valence-electron chi connectivity index (χ1n) is 5.08. The molecular formula is C12H15ClO2S. The second-order valence-corrected chi connectivity index (χ2v) is 4.37. The molecule has 0 saturated heterocycles. The number of Topliss-reactive ketones (excluding diaryl/α,β-unsaturated/α-hetero) is 1. The standard InChI is InChI=1S/C12H15ClO2S/c1-3-15-11-5-4-9(6-10(14)8-13)12(7-11)16-2/h4-5,7H,3,6,8H2,1-2H3. The Labute approximate surface area is 105 Å². The number of hydrogen-bond donors (Lipinski definition) is 0. The minimum absolute atomic E-state index is 0.0427. The quantitative estimate of drug-likeness (QED) is 0.579. The Kier molecular flexibility index (Phi) is 5.71. The van der Waals surface area contributed by atoms with Gasteiger partial charge in [-0.05, 0) is 30.9 Å². The Hall–Kier alpha value is -0.670. The largest absolute Gasteiger partial charge is 0.494 e. The van der Waals surface area contributed by atoms with Crippen molar-refractivity contribution >= 4 is 29.1 Å². The second-order valence-electron chi connectivity index (χ2n) is 3.26. The van der Waals surface area contributed by atoms with Gasteiger partial charge in [-0.25, -0.2) is 0 Å². The van der Waals surface area contributed by atoms with Gasteiger partial charge in [0.25, 0.3) is 0 Å². The molecule has 88 valence electrons. The van der Waals surface area contributed by atoms with Gasteiger partial charge in [-0.1, -0.05) is 6.07 Å². The Morgan fingerprint density at radius 1 is 1.50 bits per heavy atom. The summed E-state index contributed by atoms with van der Waals surface area (Å²) in [6, 6.07) is 5.78. The van der Waals surface area contributed by atoms with Gasteiger partial charge in [-0.2, -0.15) is 0 Å². The first-order valence-corrected chi connectivity index (χ1v) is 6.84. The minimum atomic E-state index is 0.0427. The predicted octanol–water partition coefficient (Wildman–Crippen LogP) is 3.16. The molecule has 0 bridgehead atoms. The zero-order valence-corrected chi connectivity index (χ0v) is 11.0. The number of ketones is 1. The van der Waals surface area contributed by atoms with Crippen LogP contribution in [0.1, 0.15) is 12.5 Å². The van der Waals surface area contributed by atoms with Crippen molar-refractivity contribution in [2.24, 2.45) is 0 Å². The number of carbonyl (C=O) groups excluding carboxylic acids is 1. The van der Waals surface area contributed by atoms with Crippen molar-refractivity contribution in [3.8, 4) is 5.75 Å². The lowest BCUT2D eigenvalue weighted by Crippen LogP contribution is -2.05. The van der Waals surface area contributed by atoms with E-state index >= 15 is 0 Å². The summed E-state index contributed by atoms with van der Waals surface area (Å²) >= 11 is 7.11. The van der Waals surface area contributed by atoms with Gasteiger partial charge >= 0.3 is 0 Å². The van der Waals surface area contributed by atoms with Crippen molar-refractivity contribution in [3.63, 3.8) is 0 Å². The molecule has 1 aromatic carbocycles. The molecule has 0 fully saturated rings. The number of carbonyl (C=O) groups is 1. The van der Waals surface area contributed by atoms with E-state index in [1.54, 1.807) is 11.8 Å². The van der Waals surface area contributed by atoms with Gasteiger partial charge in [0.1, 0.15) is 5.75 Å². The van der Waals surface area contributed by atoms with Crippen LogP contribution in [0.5, 0.6) is 5.75 Å². The molecule has 0 saturated carbocycles. The van der Waals surface area contributed by atoms with Crippen LogP contribution in [0.3, 0.4) is 0 Å². The molecule has 4 heteroatoms. The summed E-state index contributed by atoms with van der Waals surface area (Å²) in [5.41, 5.74) is 1.02. The van der Waals surface area contributed by atoms with E-state index in [0.29, 0.717) is 13.0 Å². The van der Waals surface area contributed by atoms with Gasteiger partial charge in [0, 0.05) is 11.3 Å². The van der Waals surface area contributed by atoms with E-state index in [0.717, 1.165) is 16.2 Å². The molecule has 0 aliphatic heterocycles. The molecule has 0 aliphatic rings. The summed E-state index contributed by atoms with van der Waals surface area (Å²) in [5.74, 6) is 0.955. The number of thioether (sulfide) groups is 1. The summed E-state index contributed by atoms with van der Waals surface area (Å²) in [6.07, 6.45) is 2.38. The van der Waals surface area contributed by atoms with Crippen LogP contribution >= 0.6 is 23.4 Å². The minimum Gasteiger partial charge on any atom is -0.494 e. The van der Waals surface area contributed by atoms with Crippen LogP contribution in [0, 0.1) is 0 Å². The molecule has 1 aromatic rings. The normalized spacial score (nSPS) is 10.2. The summed E-state index contributed by atoms with van der Waals surface area (Å²) in [5, 5.41) is 0. The molecule has 1 rings (SSSR count). The third-order valence-electron chi connectivity index (χ3n) is 2.11. The van der Waals surface area contributed by atoms with Crippen LogP contribution in [-0.2, 0) is 11.2 Å². The van der Waals surface area contributed by atoms with Crippen LogP contribution in [0.25, 0.3) is 0 Å². The number of hydrogen-bond acceptors (Lipinski definition) is 3. The van der Waals surface area contributed by atoms with Gasteiger partial charge in [-0.3, -0.25) is 4.79 Å². The third kappa shape index (κ3) is 3.72. The Bertz CT molecular complexity index is 366. The van der Waals surface area contributed by atoms with E-state index < -0.39 is 0 Å². The van der Waals surface area contributed by atoms with Crippen LogP contribution in [-0.4, -0.2) is 24.5 Å². The number of alkyl halides is 1. The maximum atomic E-state index is 11.3. The van der Waals surface area contributed by atoms with Gasteiger partial charge in [-0.15, -0.1) is 23.4 Å². The maximum Gasteiger partial charge on any atom is 0.151 e. The first kappa shape index (κ1) is 13.4. The fourth-order valence-corrected chi connectivity index (χ4v) is 2.12. The van der Waals surface area contributed by atoms with Crippen molar-refractivity contribution in [2.45, 2.75) is 18.2 Å². The number of benzene rings is 1. The summed E-state index contributed by atoms with van der Waals surface area (Å²) < 4.78 is 5.41. The van der Waals surface area contributed by atoms with Crippen molar-refractivity contribution in [3.05, 3.63) is 23.8 Å². The van der Waals surface area contributed by atoms with Crippen molar-refractivity contribution in [1.29, 1.82) is 0 Å². The molecule has 16 heavy (non-hydrogen) atoms. The van der Waals surface area contributed by atoms with Crippen LogP contribution in [0.2, 0.25) is 0 Å². The molecule has 0 aliphatic carbocycles. The van der Waals surface area contributed by atoms with Gasteiger partial charge in [0.15, 0.2) is 5.78 Å². The fourth-order valence-electron chi connectivity index (χ4n) is 1.39. The molecule has 2 nitrogen and oxygen atoms in total. The van der Waals surface area contributed by atoms with Crippen LogP contribution in [0.15, 0.2) is 23.1 Å². The van der Waals surface area contributed by atoms with Crippen LogP contribution < -0.4 is 4.74 Å². The Morgan fingerprint density at radius 3 is 2.81 bits per heavy atom. The van der Waals surface area contributed by atoms with Gasteiger partial charge in [0.2, 0.25) is 0 Å². The third-order valence-corrected chi connectivity index (χ3v) is 3.22. The van der Waals surface area contributed by atoms with E-state index in [9.17, 15) is 4.79 Å².